The minimum absolute atomic E-state index is 0.000178. The zero-order valence-electron chi connectivity index (χ0n) is 13.7. The number of carbonyl (C=O) groups excluding carboxylic acids is 1. The Balaban J connectivity index is 2.35. The number of hydrogen-bond donors (Lipinski definition) is 2. The van der Waals surface area contributed by atoms with Crippen molar-refractivity contribution in [3.63, 3.8) is 0 Å². The highest BCUT2D eigenvalue weighted by Gasteiger charge is 2.43. The fourth-order valence-corrected chi connectivity index (χ4v) is 3.64. The van der Waals surface area contributed by atoms with Crippen LogP contribution in [0, 0.1) is 29.1 Å². The molecule has 2 aliphatic rings. The number of hydrogen-bond acceptors (Lipinski definition) is 5. The first-order valence-electron chi connectivity index (χ1n) is 7.81. The first kappa shape index (κ1) is 17.4. The fraction of sp³-hybridized carbons (Fsp3) is 0.688. The fourth-order valence-electron chi connectivity index (χ4n) is 3.64. The molecule has 0 saturated carbocycles. The molecule has 1 unspecified atom stereocenters. The lowest BCUT2D eigenvalue weighted by atomic mass is 9.78. The Bertz CT molecular complexity index is 578. The largest absolute Gasteiger partial charge is 0.477 e. The molecule has 1 fully saturated rings. The zero-order valence-corrected chi connectivity index (χ0v) is 13.7. The lowest BCUT2D eigenvalue weighted by Gasteiger charge is -2.39. The van der Waals surface area contributed by atoms with Gasteiger partial charge in [-0.3, -0.25) is 9.69 Å². The van der Waals surface area contributed by atoms with Crippen LogP contribution in [0.15, 0.2) is 11.3 Å². The van der Waals surface area contributed by atoms with Gasteiger partial charge in [0.25, 0.3) is 0 Å². The maximum absolute atomic E-state index is 12.4. The van der Waals surface area contributed by atoms with Crippen LogP contribution in [-0.4, -0.2) is 64.7 Å². The van der Waals surface area contributed by atoms with Gasteiger partial charge >= 0.3 is 5.97 Å². The number of rotatable bonds is 4. The third-order valence-electron chi connectivity index (χ3n) is 4.91. The number of nitriles is 1. The number of carboxylic acids is 1. The molecule has 7 nitrogen and oxygen atoms in total. The van der Waals surface area contributed by atoms with Gasteiger partial charge in [0.1, 0.15) is 5.70 Å². The Morgan fingerprint density at radius 3 is 2.65 bits per heavy atom. The highest BCUT2D eigenvalue weighted by molar-refractivity contribution is 5.96. The van der Waals surface area contributed by atoms with Crippen LogP contribution in [0.3, 0.4) is 0 Å². The molecule has 0 aliphatic carbocycles. The number of likely N-dealkylation sites (N-methyl/N-ethyl adjacent to an activating group) is 1. The second kappa shape index (κ2) is 6.69. The summed E-state index contributed by atoms with van der Waals surface area (Å²) in [6.07, 6.45) is -0.0782. The van der Waals surface area contributed by atoms with Gasteiger partial charge in [0.2, 0.25) is 5.91 Å². The third kappa shape index (κ3) is 3.23. The molecule has 4 atom stereocenters. The van der Waals surface area contributed by atoms with Crippen LogP contribution >= 0.6 is 0 Å². The van der Waals surface area contributed by atoms with Crippen molar-refractivity contribution in [2.45, 2.75) is 26.4 Å². The summed E-state index contributed by atoms with van der Waals surface area (Å²) in [7, 11) is 1.44. The lowest BCUT2D eigenvalue weighted by Crippen LogP contribution is -2.49. The van der Waals surface area contributed by atoms with E-state index in [0.717, 1.165) is 17.9 Å². The normalized spacial score (nSPS) is 30.5. The van der Waals surface area contributed by atoms with Crippen molar-refractivity contribution in [3.05, 3.63) is 11.3 Å². The van der Waals surface area contributed by atoms with Gasteiger partial charge < -0.3 is 15.1 Å². The van der Waals surface area contributed by atoms with E-state index in [1.165, 1.54) is 7.05 Å². The van der Waals surface area contributed by atoms with Gasteiger partial charge in [0.15, 0.2) is 0 Å². The summed E-state index contributed by atoms with van der Waals surface area (Å²) < 4.78 is 0. The second-order valence-electron chi connectivity index (χ2n) is 6.48. The van der Waals surface area contributed by atoms with Gasteiger partial charge in [-0.2, -0.15) is 5.26 Å². The molecular formula is C16H23N3O4. The molecule has 0 aromatic carbocycles. The molecular weight excluding hydrogens is 298 g/mol. The number of amides is 1. The van der Waals surface area contributed by atoms with E-state index in [1.54, 1.807) is 13.8 Å². The molecule has 23 heavy (non-hydrogen) atoms. The van der Waals surface area contributed by atoms with Crippen molar-refractivity contribution in [1.82, 2.24) is 9.80 Å². The van der Waals surface area contributed by atoms with Gasteiger partial charge in [-0.25, -0.2) is 4.79 Å². The standard InChI is InChI=1S/C16H23N3O4/c1-9-12(8-19-5-4-11(6-17)7-19)14(16(22)23)18(3)15(21)13(9)10(2)20/h9-11,13,20H,4-5,7-8H2,1-3H3,(H,22,23)/t9-,10+,11+,13?/m0/s1. The van der Waals surface area contributed by atoms with E-state index in [4.69, 9.17) is 5.26 Å². The number of nitrogens with zero attached hydrogens (tertiary/aromatic N) is 3. The number of carbonyl (C=O) groups is 2. The van der Waals surface area contributed by atoms with Gasteiger partial charge in [-0.1, -0.05) is 6.92 Å². The molecule has 0 spiro atoms. The third-order valence-corrected chi connectivity index (χ3v) is 4.91. The molecule has 0 aromatic heterocycles. The van der Waals surface area contributed by atoms with Crippen LogP contribution in [0.5, 0.6) is 0 Å². The van der Waals surface area contributed by atoms with Crippen molar-refractivity contribution >= 4 is 11.9 Å². The Hall–Kier alpha value is -1.91. The summed E-state index contributed by atoms with van der Waals surface area (Å²) in [4.78, 5) is 27.2. The molecule has 1 amide bonds. The van der Waals surface area contributed by atoms with Gasteiger partial charge in [-0.15, -0.1) is 0 Å². The van der Waals surface area contributed by atoms with E-state index in [-0.39, 0.29) is 23.4 Å². The number of aliphatic carboxylic acids is 1. The van der Waals surface area contributed by atoms with Crippen molar-refractivity contribution < 1.29 is 19.8 Å². The average Bonchev–Trinajstić information content (AvgIpc) is 2.92. The summed E-state index contributed by atoms with van der Waals surface area (Å²) in [5.74, 6) is -2.54. The number of aliphatic hydroxyl groups is 1. The average molecular weight is 321 g/mol. The first-order valence-corrected chi connectivity index (χ1v) is 7.81. The molecule has 0 bridgehead atoms. The van der Waals surface area contributed by atoms with Crippen molar-refractivity contribution in [2.75, 3.05) is 26.7 Å². The number of carboxylic acid groups (broad SMARTS) is 1. The van der Waals surface area contributed by atoms with Crippen LogP contribution < -0.4 is 0 Å². The molecule has 126 valence electrons. The Kier molecular flexibility index (Phi) is 5.07. The summed E-state index contributed by atoms with van der Waals surface area (Å²) in [5.41, 5.74) is 0.642. The smallest absolute Gasteiger partial charge is 0.352 e. The highest BCUT2D eigenvalue weighted by Crippen LogP contribution is 2.35. The van der Waals surface area contributed by atoms with E-state index >= 15 is 0 Å². The molecule has 7 heteroatoms. The summed E-state index contributed by atoms with van der Waals surface area (Å²) >= 11 is 0. The Labute approximate surface area is 135 Å². The Morgan fingerprint density at radius 1 is 1.52 bits per heavy atom. The SMILES string of the molecule is C[C@@H](O)C1C(=O)N(C)C(C(=O)O)=C(CN2CC[C@H](C#N)C2)[C@@H]1C. The molecule has 0 radical (unpaired) electrons. The number of likely N-dealkylation sites (tertiary alicyclic amines) is 1. The maximum Gasteiger partial charge on any atom is 0.352 e. The maximum atomic E-state index is 12.4. The lowest BCUT2D eigenvalue weighted by molar-refractivity contribution is -0.145. The highest BCUT2D eigenvalue weighted by atomic mass is 16.4. The Morgan fingerprint density at radius 2 is 2.17 bits per heavy atom. The predicted octanol–water partition coefficient (Wildman–Crippen LogP) is 0.276. The summed E-state index contributed by atoms with van der Waals surface area (Å²) in [6, 6.07) is 2.24. The molecule has 2 aliphatic heterocycles. The van der Waals surface area contributed by atoms with Crippen LogP contribution in [0.2, 0.25) is 0 Å². The van der Waals surface area contributed by atoms with E-state index in [9.17, 15) is 19.8 Å². The summed E-state index contributed by atoms with van der Waals surface area (Å²) in [6.45, 7) is 5.09. The van der Waals surface area contributed by atoms with Crippen LogP contribution in [-0.2, 0) is 9.59 Å². The molecule has 0 aromatic rings. The van der Waals surface area contributed by atoms with Crippen LogP contribution in [0.4, 0.5) is 0 Å². The van der Waals surface area contributed by atoms with E-state index in [0.29, 0.717) is 18.7 Å². The van der Waals surface area contributed by atoms with Crippen molar-refractivity contribution in [2.24, 2.45) is 17.8 Å². The molecule has 2 N–H and O–H groups in total. The van der Waals surface area contributed by atoms with Gasteiger partial charge in [0.05, 0.1) is 24.0 Å². The van der Waals surface area contributed by atoms with E-state index in [1.807, 2.05) is 4.90 Å². The van der Waals surface area contributed by atoms with Gasteiger partial charge in [0, 0.05) is 20.1 Å². The minimum atomic E-state index is -1.14. The van der Waals surface area contributed by atoms with E-state index in [2.05, 4.69) is 6.07 Å². The minimum Gasteiger partial charge on any atom is -0.477 e. The quantitative estimate of drug-likeness (QED) is 0.770. The predicted molar refractivity (Wildman–Crippen MR) is 81.9 cm³/mol. The zero-order chi connectivity index (χ0) is 17.3. The van der Waals surface area contributed by atoms with E-state index < -0.39 is 18.0 Å². The topological polar surface area (TPSA) is 105 Å². The first-order chi connectivity index (χ1) is 10.8. The summed E-state index contributed by atoms with van der Waals surface area (Å²) in [5, 5.41) is 28.5. The number of aliphatic hydroxyl groups excluding tert-OH is 1. The van der Waals surface area contributed by atoms with Crippen molar-refractivity contribution in [3.8, 4) is 6.07 Å². The van der Waals surface area contributed by atoms with Crippen LogP contribution in [0.1, 0.15) is 20.3 Å². The molecule has 1 saturated heterocycles. The second-order valence-corrected chi connectivity index (χ2v) is 6.48. The monoisotopic (exact) mass is 321 g/mol. The van der Waals surface area contributed by atoms with Gasteiger partial charge in [-0.05, 0) is 31.4 Å². The van der Waals surface area contributed by atoms with Crippen LogP contribution in [0.25, 0.3) is 0 Å². The molecule has 2 rings (SSSR count). The molecule has 2 heterocycles. The van der Waals surface area contributed by atoms with Crippen molar-refractivity contribution in [1.29, 1.82) is 5.26 Å².